The number of hydrogen-bond acceptors (Lipinski definition) is 5. The number of nitrogens with one attached hydrogen (secondary N) is 1. The number of hydrogen-bond donors (Lipinski definition) is 2. The molecule has 1 aromatic heterocycles. The minimum Gasteiger partial charge on any atom is -0.490 e. The minimum absolute atomic E-state index is 0.0158. The van der Waals surface area contributed by atoms with Crippen molar-refractivity contribution < 1.29 is 9.84 Å². The molecule has 0 radical (unpaired) electrons. The van der Waals surface area contributed by atoms with E-state index in [1.54, 1.807) is 13.8 Å². The molecule has 0 bridgehead atoms. The Morgan fingerprint density at radius 2 is 2.00 bits per heavy atom. The number of aliphatic hydroxyl groups excluding tert-OH is 1. The molecule has 0 saturated carbocycles. The molecule has 7 heteroatoms. The number of halogens is 2. The molecule has 1 rings (SSSR count). The summed E-state index contributed by atoms with van der Waals surface area (Å²) in [5, 5.41) is 12.3. The lowest BCUT2D eigenvalue weighted by molar-refractivity contribution is 0.233. The van der Waals surface area contributed by atoms with Gasteiger partial charge in [0.15, 0.2) is 16.7 Å². The number of ether oxygens (including phenoxy) is 1. The van der Waals surface area contributed by atoms with E-state index in [9.17, 15) is 0 Å². The summed E-state index contributed by atoms with van der Waals surface area (Å²) in [6.45, 7) is 3.53. The third kappa shape index (κ3) is 3.10. The standard InChI is InChI=1S/C9H13Cl2N3O2/c1-9(2,4-15)14-7-5(16-3)6(10)12-8(11)13-7/h15H,4H2,1-3H3,(H,12,13,14). The van der Waals surface area contributed by atoms with Crippen LogP contribution in [0, 0.1) is 0 Å². The fourth-order valence-corrected chi connectivity index (χ4v) is 1.48. The van der Waals surface area contributed by atoms with Gasteiger partial charge < -0.3 is 15.2 Å². The highest BCUT2D eigenvalue weighted by Gasteiger charge is 2.21. The Kier molecular flexibility index (Phi) is 4.18. The highest BCUT2D eigenvalue weighted by molar-refractivity contribution is 6.33. The monoisotopic (exact) mass is 265 g/mol. The van der Waals surface area contributed by atoms with E-state index in [1.165, 1.54) is 7.11 Å². The van der Waals surface area contributed by atoms with E-state index in [4.69, 9.17) is 33.0 Å². The molecule has 0 unspecified atom stereocenters. The van der Waals surface area contributed by atoms with Crippen molar-refractivity contribution in [1.82, 2.24) is 9.97 Å². The zero-order valence-corrected chi connectivity index (χ0v) is 10.7. The van der Waals surface area contributed by atoms with Gasteiger partial charge in [0.05, 0.1) is 19.3 Å². The molecule has 90 valence electrons. The molecular weight excluding hydrogens is 253 g/mol. The first kappa shape index (κ1) is 13.3. The second kappa shape index (κ2) is 5.03. The van der Waals surface area contributed by atoms with Gasteiger partial charge in [-0.05, 0) is 25.4 Å². The smallest absolute Gasteiger partial charge is 0.226 e. The second-order valence-corrected chi connectivity index (χ2v) is 4.53. The first-order chi connectivity index (χ1) is 7.39. The Morgan fingerprint density at radius 1 is 1.38 bits per heavy atom. The van der Waals surface area contributed by atoms with E-state index in [0.717, 1.165) is 0 Å². The van der Waals surface area contributed by atoms with Crippen molar-refractivity contribution in [3.63, 3.8) is 0 Å². The summed E-state index contributed by atoms with van der Waals surface area (Å²) in [5.74, 6) is 0.652. The first-order valence-electron chi connectivity index (χ1n) is 4.55. The average molecular weight is 266 g/mol. The molecule has 0 spiro atoms. The maximum absolute atomic E-state index is 9.14. The molecule has 5 nitrogen and oxygen atoms in total. The molecule has 2 N–H and O–H groups in total. The van der Waals surface area contributed by atoms with E-state index in [0.29, 0.717) is 11.6 Å². The van der Waals surface area contributed by atoms with Crippen LogP contribution >= 0.6 is 23.2 Å². The molecule has 16 heavy (non-hydrogen) atoms. The van der Waals surface area contributed by atoms with Crippen LogP contribution < -0.4 is 10.1 Å². The van der Waals surface area contributed by atoms with Gasteiger partial charge in [0, 0.05) is 0 Å². The van der Waals surface area contributed by atoms with Gasteiger partial charge in [-0.25, -0.2) is 4.98 Å². The van der Waals surface area contributed by atoms with Crippen molar-refractivity contribution in [2.45, 2.75) is 19.4 Å². The van der Waals surface area contributed by atoms with Gasteiger partial charge >= 0.3 is 0 Å². The van der Waals surface area contributed by atoms with E-state index >= 15 is 0 Å². The number of nitrogens with zero attached hydrogens (tertiary/aromatic N) is 2. The predicted octanol–water partition coefficient (Wildman–Crippen LogP) is 1.97. The van der Waals surface area contributed by atoms with E-state index in [2.05, 4.69) is 15.3 Å². The topological polar surface area (TPSA) is 67.3 Å². The van der Waals surface area contributed by atoms with E-state index in [1.807, 2.05) is 0 Å². The Bertz CT molecular complexity index is 385. The van der Waals surface area contributed by atoms with Crippen LogP contribution in [0.4, 0.5) is 5.82 Å². The van der Waals surface area contributed by atoms with Gasteiger partial charge in [0.2, 0.25) is 5.28 Å². The zero-order chi connectivity index (χ0) is 12.3. The van der Waals surface area contributed by atoms with Gasteiger partial charge in [-0.2, -0.15) is 4.98 Å². The Labute approximate surface area is 104 Å². The average Bonchev–Trinajstić information content (AvgIpc) is 2.16. The molecule has 0 fully saturated rings. The number of anilines is 1. The predicted molar refractivity (Wildman–Crippen MR) is 63.4 cm³/mol. The number of rotatable bonds is 4. The van der Waals surface area contributed by atoms with Gasteiger partial charge in [-0.3, -0.25) is 0 Å². The Morgan fingerprint density at radius 3 is 2.50 bits per heavy atom. The van der Waals surface area contributed by atoms with Crippen molar-refractivity contribution in [2.24, 2.45) is 0 Å². The molecule has 0 saturated heterocycles. The molecule has 0 aromatic carbocycles. The quantitative estimate of drug-likeness (QED) is 0.644. The highest BCUT2D eigenvalue weighted by atomic mass is 35.5. The summed E-state index contributed by atoms with van der Waals surface area (Å²) < 4.78 is 5.06. The van der Waals surface area contributed by atoms with Gasteiger partial charge in [-0.15, -0.1) is 0 Å². The van der Waals surface area contributed by atoms with Crippen LogP contribution in [-0.2, 0) is 0 Å². The highest BCUT2D eigenvalue weighted by Crippen LogP contribution is 2.32. The van der Waals surface area contributed by atoms with Gasteiger partial charge in [0.1, 0.15) is 0 Å². The summed E-state index contributed by atoms with van der Waals surface area (Å²) in [5.41, 5.74) is -0.561. The second-order valence-electron chi connectivity index (χ2n) is 3.83. The van der Waals surface area contributed by atoms with Crippen molar-refractivity contribution >= 4 is 29.0 Å². The first-order valence-corrected chi connectivity index (χ1v) is 5.31. The summed E-state index contributed by atoms with van der Waals surface area (Å²) in [4.78, 5) is 7.71. The maximum atomic E-state index is 9.14. The zero-order valence-electron chi connectivity index (χ0n) is 9.21. The molecule has 1 heterocycles. The van der Waals surface area contributed by atoms with Crippen LogP contribution in [-0.4, -0.2) is 34.3 Å². The molecule has 1 aromatic rings. The molecule has 0 atom stereocenters. The third-order valence-electron chi connectivity index (χ3n) is 1.85. The van der Waals surface area contributed by atoms with Crippen LogP contribution in [0.2, 0.25) is 10.4 Å². The van der Waals surface area contributed by atoms with E-state index < -0.39 is 5.54 Å². The molecule has 0 amide bonds. The number of methoxy groups -OCH3 is 1. The lowest BCUT2D eigenvalue weighted by Crippen LogP contribution is -2.35. The fourth-order valence-electron chi connectivity index (χ4n) is 1.02. The van der Waals surface area contributed by atoms with Crippen LogP contribution in [0.15, 0.2) is 0 Å². The van der Waals surface area contributed by atoms with Crippen molar-refractivity contribution in [2.75, 3.05) is 19.0 Å². The Hall–Kier alpha value is -0.780. The summed E-state index contributed by atoms with van der Waals surface area (Å²) in [6.07, 6.45) is 0. The van der Waals surface area contributed by atoms with Gasteiger partial charge in [0.25, 0.3) is 0 Å². The van der Waals surface area contributed by atoms with Gasteiger partial charge in [-0.1, -0.05) is 11.6 Å². The van der Waals surface area contributed by atoms with Crippen LogP contribution in [0.3, 0.4) is 0 Å². The maximum Gasteiger partial charge on any atom is 0.226 e. The normalized spacial score (nSPS) is 11.4. The summed E-state index contributed by atoms with van der Waals surface area (Å²) >= 11 is 11.5. The molecule has 0 aliphatic heterocycles. The summed E-state index contributed by atoms with van der Waals surface area (Å²) in [7, 11) is 1.45. The number of aromatic nitrogens is 2. The molecular formula is C9H13Cl2N3O2. The van der Waals surface area contributed by atoms with E-state index in [-0.39, 0.29) is 17.0 Å². The summed E-state index contributed by atoms with van der Waals surface area (Å²) in [6, 6.07) is 0. The lowest BCUT2D eigenvalue weighted by Gasteiger charge is -2.25. The third-order valence-corrected chi connectivity index (χ3v) is 2.28. The number of aliphatic hydroxyl groups is 1. The van der Waals surface area contributed by atoms with Crippen LogP contribution in [0.5, 0.6) is 5.75 Å². The lowest BCUT2D eigenvalue weighted by atomic mass is 10.1. The van der Waals surface area contributed by atoms with Crippen molar-refractivity contribution in [1.29, 1.82) is 0 Å². The fraction of sp³-hybridized carbons (Fsp3) is 0.556. The van der Waals surface area contributed by atoms with Crippen molar-refractivity contribution in [3.8, 4) is 5.75 Å². The SMILES string of the molecule is COc1c(Cl)nc(Cl)nc1NC(C)(C)CO. The van der Waals surface area contributed by atoms with Crippen molar-refractivity contribution in [3.05, 3.63) is 10.4 Å². The molecule has 0 aliphatic rings. The molecule has 0 aliphatic carbocycles. The van der Waals surface area contributed by atoms with Crippen LogP contribution in [0.1, 0.15) is 13.8 Å². The van der Waals surface area contributed by atoms with Crippen LogP contribution in [0.25, 0.3) is 0 Å². The minimum atomic E-state index is -0.561. The largest absolute Gasteiger partial charge is 0.490 e. The Balaban J connectivity index is 3.12.